The van der Waals surface area contributed by atoms with Crippen LogP contribution in [0.1, 0.15) is 25.7 Å². The van der Waals surface area contributed by atoms with Crippen molar-refractivity contribution >= 4 is 11.8 Å². The van der Waals surface area contributed by atoms with Gasteiger partial charge in [0.05, 0.1) is 6.54 Å². The fraction of sp³-hybridized carbons (Fsp3) is 0.800. The van der Waals surface area contributed by atoms with Crippen LogP contribution < -0.4 is 5.73 Å². The molecule has 2 aliphatic rings. The normalized spacial score (nSPS) is 31.7. The third kappa shape index (κ3) is 1.61. The van der Waals surface area contributed by atoms with Crippen molar-refractivity contribution in [3.8, 4) is 0 Å². The summed E-state index contributed by atoms with van der Waals surface area (Å²) in [5, 5.41) is 0. The third-order valence-electron chi connectivity index (χ3n) is 3.34. The first-order valence-electron chi connectivity index (χ1n) is 5.25. The molecule has 1 saturated heterocycles. The fourth-order valence-corrected chi connectivity index (χ4v) is 2.69. The Labute approximate surface area is 83.4 Å². The van der Waals surface area contributed by atoms with Gasteiger partial charge in [-0.3, -0.25) is 9.59 Å². The number of hydrogen-bond donors (Lipinski definition) is 1. The van der Waals surface area contributed by atoms with Gasteiger partial charge in [-0.1, -0.05) is 12.8 Å². The second kappa shape index (κ2) is 3.59. The molecule has 1 aliphatic carbocycles. The molecule has 0 spiro atoms. The van der Waals surface area contributed by atoms with Gasteiger partial charge in [0.25, 0.3) is 0 Å². The van der Waals surface area contributed by atoms with Crippen LogP contribution in [0.4, 0.5) is 0 Å². The van der Waals surface area contributed by atoms with Crippen LogP contribution in [-0.4, -0.2) is 29.8 Å². The van der Waals surface area contributed by atoms with E-state index in [0.29, 0.717) is 5.92 Å². The van der Waals surface area contributed by atoms with Crippen LogP contribution in [0.2, 0.25) is 0 Å². The van der Waals surface area contributed by atoms with Gasteiger partial charge in [0.15, 0.2) is 0 Å². The fourth-order valence-electron chi connectivity index (χ4n) is 2.69. The van der Waals surface area contributed by atoms with Crippen molar-refractivity contribution in [2.24, 2.45) is 17.6 Å². The molecule has 1 heterocycles. The number of hydrogen-bond acceptors (Lipinski definition) is 2. The van der Waals surface area contributed by atoms with E-state index in [1.165, 1.54) is 6.42 Å². The summed E-state index contributed by atoms with van der Waals surface area (Å²) in [4.78, 5) is 24.2. The molecule has 0 aromatic carbocycles. The molecule has 2 unspecified atom stereocenters. The molecule has 14 heavy (non-hydrogen) atoms. The minimum absolute atomic E-state index is 0.103. The van der Waals surface area contributed by atoms with Crippen molar-refractivity contribution in [1.29, 1.82) is 0 Å². The van der Waals surface area contributed by atoms with Crippen LogP contribution in [0.5, 0.6) is 0 Å². The molecule has 0 radical (unpaired) electrons. The number of fused-ring (bicyclic) bond motifs is 1. The molecule has 2 rings (SSSR count). The van der Waals surface area contributed by atoms with E-state index in [-0.39, 0.29) is 18.4 Å². The SMILES string of the molecule is NC(=O)CN1CC2CCCCC2C1=O. The van der Waals surface area contributed by atoms with E-state index in [4.69, 9.17) is 5.73 Å². The summed E-state index contributed by atoms with van der Waals surface area (Å²) in [6.45, 7) is 0.846. The monoisotopic (exact) mass is 196 g/mol. The Hall–Kier alpha value is -1.06. The van der Waals surface area contributed by atoms with Crippen molar-refractivity contribution in [3.63, 3.8) is 0 Å². The number of nitrogens with zero attached hydrogens (tertiary/aromatic N) is 1. The van der Waals surface area contributed by atoms with Gasteiger partial charge in [0.1, 0.15) is 0 Å². The number of likely N-dealkylation sites (tertiary alicyclic amines) is 1. The lowest BCUT2D eigenvalue weighted by atomic mass is 9.81. The molecular formula is C10H16N2O2. The van der Waals surface area contributed by atoms with Crippen LogP contribution in [0, 0.1) is 11.8 Å². The van der Waals surface area contributed by atoms with Gasteiger partial charge < -0.3 is 10.6 Å². The lowest BCUT2D eigenvalue weighted by Gasteiger charge is -2.21. The Balaban J connectivity index is 2.02. The van der Waals surface area contributed by atoms with Crippen LogP contribution in [0.25, 0.3) is 0 Å². The maximum Gasteiger partial charge on any atom is 0.237 e. The Morgan fingerprint density at radius 2 is 2.14 bits per heavy atom. The topological polar surface area (TPSA) is 63.4 Å². The first kappa shape index (κ1) is 9.49. The van der Waals surface area contributed by atoms with Gasteiger partial charge in [-0.15, -0.1) is 0 Å². The van der Waals surface area contributed by atoms with Gasteiger partial charge >= 0.3 is 0 Å². The van der Waals surface area contributed by atoms with E-state index in [1.807, 2.05) is 0 Å². The number of primary amides is 1. The maximum absolute atomic E-state index is 11.8. The summed E-state index contributed by atoms with van der Waals surface area (Å²) in [6.07, 6.45) is 4.50. The molecule has 1 aliphatic heterocycles. The summed E-state index contributed by atoms with van der Waals surface area (Å²) >= 11 is 0. The third-order valence-corrected chi connectivity index (χ3v) is 3.34. The zero-order valence-electron chi connectivity index (χ0n) is 8.24. The minimum atomic E-state index is -0.406. The quantitative estimate of drug-likeness (QED) is 0.681. The van der Waals surface area contributed by atoms with Crippen molar-refractivity contribution in [1.82, 2.24) is 4.90 Å². The Morgan fingerprint density at radius 3 is 2.79 bits per heavy atom. The highest BCUT2D eigenvalue weighted by molar-refractivity contribution is 5.86. The van der Waals surface area contributed by atoms with Gasteiger partial charge in [-0.25, -0.2) is 0 Å². The molecule has 1 saturated carbocycles. The number of amides is 2. The lowest BCUT2D eigenvalue weighted by Crippen LogP contribution is -2.35. The van der Waals surface area contributed by atoms with Gasteiger partial charge in [0, 0.05) is 12.5 Å². The van der Waals surface area contributed by atoms with E-state index in [9.17, 15) is 9.59 Å². The van der Waals surface area contributed by atoms with Crippen molar-refractivity contribution in [3.05, 3.63) is 0 Å². The largest absolute Gasteiger partial charge is 0.368 e. The molecule has 2 N–H and O–H groups in total. The van der Waals surface area contributed by atoms with Gasteiger partial charge in [0.2, 0.25) is 11.8 Å². The number of carbonyl (C=O) groups is 2. The number of carbonyl (C=O) groups excluding carboxylic acids is 2. The minimum Gasteiger partial charge on any atom is -0.368 e. The molecule has 2 fully saturated rings. The molecule has 0 aromatic heterocycles. The lowest BCUT2D eigenvalue weighted by molar-refractivity contribution is -0.134. The van der Waals surface area contributed by atoms with Crippen LogP contribution in [0.15, 0.2) is 0 Å². The molecule has 2 atom stereocenters. The second-order valence-corrected chi connectivity index (χ2v) is 4.34. The maximum atomic E-state index is 11.8. The molecule has 0 bridgehead atoms. The summed E-state index contributed by atoms with van der Waals surface area (Å²) in [7, 11) is 0. The van der Waals surface area contributed by atoms with Crippen LogP contribution in [-0.2, 0) is 9.59 Å². The molecule has 4 nitrogen and oxygen atoms in total. The van der Waals surface area contributed by atoms with E-state index in [2.05, 4.69) is 0 Å². The average Bonchev–Trinajstić information content (AvgIpc) is 2.44. The van der Waals surface area contributed by atoms with Crippen LogP contribution in [0.3, 0.4) is 0 Å². The van der Waals surface area contributed by atoms with E-state index in [1.54, 1.807) is 4.90 Å². The summed E-state index contributed by atoms with van der Waals surface area (Å²) in [5.74, 6) is 0.407. The first-order valence-corrected chi connectivity index (χ1v) is 5.25. The summed E-state index contributed by atoms with van der Waals surface area (Å²) < 4.78 is 0. The summed E-state index contributed by atoms with van der Waals surface area (Å²) in [5.41, 5.74) is 5.09. The predicted molar refractivity (Wildman–Crippen MR) is 51.2 cm³/mol. The van der Waals surface area contributed by atoms with E-state index in [0.717, 1.165) is 25.8 Å². The van der Waals surface area contributed by atoms with Gasteiger partial charge in [-0.2, -0.15) is 0 Å². The number of rotatable bonds is 2. The summed E-state index contributed by atoms with van der Waals surface area (Å²) in [6, 6.07) is 0. The second-order valence-electron chi connectivity index (χ2n) is 4.34. The molecule has 4 heteroatoms. The Bertz CT molecular complexity index is 265. The zero-order valence-corrected chi connectivity index (χ0v) is 8.24. The predicted octanol–water partition coefficient (Wildman–Crippen LogP) is 0.120. The van der Waals surface area contributed by atoms with Gasteiger partial charge in [-0.05, 0) is 18.8 Å². The van der Waals surface area contributed by atoms with Crippen LogP contribution >= 0.6 is 0 Å². The number of nitrogens with two attached hydrogens (primary N) is 1. The molecule has 0 aromatic rings. The Morgan fingerprint density at radius 1 is 1.43 bits per heavy atom. The molecule has 2 amide bonds. The highest BCUT2D eigenvalue weighted by atomic mass is 16.2. The van der Waals surface area contributed by atoms with Crippen molar-refractivity contribution in [2.75, 3.05) is 13.1 Å². The zero-order chi connectivity index (χ0) is 10.1. The first-order chi connectivity index (χ1) is 6.68. The average molecular weight is 196 g/mol. The highest BCUT2D eigenvalue weighted by Crippen LogP contribution is 2.36. The molecule has 78 valence electrons. The molecular weight excluding hydrogens is 180 g/mol. The smallest absolute Gasteiger partial charge is 0.237 e. The van der Waals surface area contributed by atoms with E-state index < -0.39 is 5.91 Å². The Kier molecular flexibility index (Phi) is 2.44. The van der Waals surface area contributed by atoms with Crippen molar-refractivity contribution in [2.45, 2.75) is 25.7 Å². The van der Waals surface area contributed by atoms with Crippen molar-refractivity contribution < 1.29 is 9.59 Å². The standard InChI is InChI=1S/C10H16N2O2/c11-9(13)6-12-5-7-3-1-2-4-8(7)10(12)14/h7-8H,1-6H2,(H2,11,13). The highest BCUT2D eigenvalue weighted by Gasteiger charge is 2.41. The van der Waals surface area contributed by atoms with E-state index >= 15 is 0 Å².